The van der Waals surface area contributed by atoms with E-state index in [4.69, 9.17) is 19.1 Å². The fraction of sp³-hybridized carbons (Fsp3) is 0.222. The number of ether oxygens (including phenoxy) is 2. The average molecular weight is 344 g/mol. The van der Waals surface area contributed by atoms with Crippen molar-refractivity contribution in [3.05, 3.63) is 59.7 Å². The number of benzene rings is 2. The van der Waals surface area contributed by atoms with Crippen LogP contribution in [0.3, 0.4) is 0 Å². The molecule has 0 atom stereocenters. The molecule has 130 valence electrons. The van der Waals surface area contributed by atoms with Crippen molar-refractivity contribution in [2.45, 2.75) is 13.5 Å². The van der Waals surface area contributed by atoms with Gasteiger partial charge in [-0.25, -0.2) is 4.39 Å². The molecule has 3 aromatic rings. The Balaban J connectivity index is 1.69. The second kappa shape index (κ2) is 7.76. The maximum atomic E-state index is 13.6. The van der Waals surface area contributed by atoms with E-state index in [0.717, 1.165) is 0 Å². The van der Waals surface area contributed by atoms with E-state index in [1.807, 2.05) is 0 Å². The molecule has 6 nitrogen and oxygen atoms in total. The van der Waals surface area contributed by atoms with Crippen LogP contribution < -0.4 is 9.47 Å². The van der Waals surface area contributed by atoms with Crippen LogP contribution >= 0.6 is 0 Å². The summed E-state index contributed by atoms with van der Waals surface area (Å²) in [6.07, 6.45) is 0. The Morgan fingerprint density at radius 2 is 1.88 bits per heavy atom. The van der Waals surface area contributed by atoms with E-state index in [9.17, 15) is 4.39 Å². The van der Waals surface area contributed by atoms with Crippen LogP contribution in [0.1, 0.15) is 11.5 Å². The van der Waals surface area contributed by atoms with Crippen molar-refractivity contribution in [3.8, 4) is 22.9 Å². The predicted octanol–water partition coefficient (Wildman–Crippen LogP) is 3.13. The zero-order chi connectivity index (χ0) is 17.6. The second-order valence-corrected chi connectivity index (χ2v) is 5.28. The molecule has 0 aliphatic heterocycles. The number of aliphatic hydroxyl groups is 1. The SMILES string of the molecule is Cc1ccc(-c2noc(COc3ccccc3OCCO)n2)cc1F. The molecule has 0 aliphatic carbocycles. The van der Waals surface area contributed by atoms with E-state index < -0.39 is 0 Å². The monoisotopic (exact) mass is 344 g/mol. The van der Waals surface area contributed by atoms with E-state index in [2.05, 4.69) is 10.1 Å². The molecule has 0 bridgehead atoms. The van der Waals surface area contributed by atoms with Gasteiger partial charge in [-0.1, -0.05) is 29.4 Å². The van der Waals surface area contributed by atoms with Crippen molar-refractivity contribution in [2.75, 3.05) is 13.2 Å². The van der Waals surface area contributed by atoms with Crippen LogP contribution in [0.4, 0.5) is 4.39 Å². The number of halogens is 1. The third-order valence-electron chi connectivity index (χ3n) is 3.45. The van der Waals surface area contributed by atoms with Crippen molar-refractivity contribution >= 4 is 0 Å². The largest absolute Gasteiger partial charge is 0.487 e. The molecule has 2 aromatic carbocycles. The number of hydrogen-bond acceptors (Lipinski definition) is 6. The van der Waals surface area contributed by atoms with Crippen LogP contribution in [0.2, 0.25) is 0 Å². The van der Waals surface area contributed by atoms with Gasteiger partial charge in [-0.2, -0.15) is 4.98 Å². The highest BCUT2D eigenvalue weighted by Gasteiger charge is 2.12. The fourth-order valence-electron chi connectivity index (χ4n) is 2.15. The third-order valence-corrected chi connectivity index (χ3v) is 3.45. The number of aromatic nitrogens is 2. The third kappa shape index (κ3) is 4.13. The van der Waals surface area contributed by atoms with Gasteiger partial charge in [-0.15, -0.1) is 0 Å². The average Bonchev–Trinajstić information content (AvgIpc) is 3.10. The highest BCUT2D eigenvalue weighted by molar-refractivity contribution is 5.54. The second-order valence-electron chi connectivity index (χ2n) is 5.28. The van der Waals surface area contributed by atoms with Crippen molar-refractivity contribution in [3.63, 3.8) is 0 Å². The summed E-state index contributed by atoms with van der Waals surface area (Å²) in [6.45, 7) is 1.81. The minimum absolute atomic E-state index is 0.0425. The van der Waals surface area contributed by atoms with Crippen molar-refractivity contribution in [2.24, 2.45) is 0 Å². The van der Waals surface area contributed by atoms with Gasteiger partial charge in [0.2, 0.25) is 5.82 Å². The van der Waals surface area contributed by atoms with E-state index in [0.29, 0.717) is 28.5 Å². The van der Waals surface area contributed by atoms with Crippen LogP contribution in [0, 0.1) is 12.7 Å². The molecule has 0 fully saturated rings. The summed E-state index contributed by atoms with van der Waals surface area (Å²) in [6, 6.07) is 11.8. The van der Waals surface area contributed by atoms with Crippen molar-refractivity contribution in [1.29, 1.82) is 0 Å². The molecule has 0 saturated heterocycles. The van der Waals surface area contributed by atoms with Gasteiger partial charge < -0.3 is 19.1 Å². The van der Waals surface area contributed by atoms with E-state index in [1.165, 1.54) is 6.07 Å². The number of aliphatic hydroxyl groups excluding tert-OH is 1. The zero-order valence-electron chi connectivity index (χ0n) is 13.6. The standard InChI is InChI=1S/C18H17FN2O4/c1-12-6-7-13(10-14(12)19)18-20-17(25-21-18)11-24-16-5-3-2-4-15(16)23-9-8-22/h2-7,10,22H,8-9,11H2,1H3. The quantitative estimate of drug-likeness (QED) is 0.709. The normalized spacial score (nSPS) is 10.7. The lowest BCUT2D eigenvalue weighted by Gasteiger charge is -2.10. The first-order chi connectivity index (χ1) is 12.2. The predicted molar refractivity (Wildman–Crippen MR) is 87.8 cm³/mol. The number of rotatable bonds is 7. The van der Waals surface area contributed by atoms with E-state index in [-0.39, 0.29) is 31.5 Å². The molecule has 1 N–H and O–H groups in total. The smallest absolute Gasteiger partial charge is 0.264 e. The number of para-hydroxylation sites is 2. The van der Waals surface area contributed by atoms with Crippen LogP contribution in [-0.4, -0.2) is 28.5 Å². The van der Waals surface area contributed by atoms with E-state index >= 15 is 0 Å². The summed E-state index contributed by atoms with van der Waals surface area (Å²) in [4.78, 5) is 4.21. The molecule has 0 aliphatic rings. The molecule has 0 amide bonds. The fourth-order valence-corrected chi connectivity index (χ4v) is 2.15. The highest BCUT2D eigenvalue weighted by Crippen LogP contribution is 2.27. The van der Waals surface area contributed by atoms with Gasteiger partial charge in [0, 0.05) is 5.56 Å². The van der Waals surface area contributed by atoms with Gasteiger partial charge in [0.1, 0.15) is 12.4 Å². The highest BCUT2D eigenvalue weighted by atomic mass is 19.1. The van der Waals surface area contributed by atoms with Crippen LogP contribution in [-0.2, 0) is 6.61 Å². The molecule has 1 heterocycles. The topological polar surface area (TPSA) is 77.6 Å². The molecule has 0 unspecified atom stereocenters. The number of nitrogens with zero attached hydrogens (tertiary/aromatic N) is 2. The maximum absolute atomic E-state index is 13.6. The van der Waals surface area contributed by atoms with Crippen molar-refractivity contribution < 1.29 is 23.5 Å². The Hall–Kier alpha value is -2.93. The number of aryl methyl sites for hydroxylation is 1. The Bertz CT molecular complexity index is 851. The lowest BCUT2D eigenvalue weighted by Crippen LogP contribution is -2.04. The van der Waals surface area contributed by atoms with Gasteiger partial charge in [-0.3, -0.25) is 0 Å². The maximum Gasteiger partial charge on any atom is 0.264 e. The molecular weight excluding hydrogens is 327 g/mol. The van der Waals surface area contributed by atoms with Gasteiger partial charge in [0.15, 0.2) is 18.1 Å². The summed E-state index contributed by atoms with van der Waals surface area (Å²) < 4.78 is 29.8. The van der Waals surface area contributed by atoms with Gasteiger partial charge in [-0.05, 0) is 30.7 Å². The molecule has 1 aromatic heterocycles. The van der Waals surface area contributed by atoms with E-state index in [1.54, 1.807) is 43.3 Å². The van der Waals surface area contributed by atoms with Crippen molar-refractivity contribution in [1.82, 2.24) is 10.1 Å². The molecule has 0 radical (unpaired) electrons. The van der Waals surface area contributed by atoms with Gasteiger partial charge in [0.05, 0.1) is 6.61 Å². The zero-order valence-corrected chi connectivity index (χ0v) is 13.6. The lowest BCUT2D eigenvalue weighted by molar-refractivity contribution is 0.187. The molecule has 3 rings (SSSR count). The minimum atomic E-state index is -0.324. The molecule has 25 heavy (non-hydrogen) atoms. The van der Waals surface area contributed by atoms with Gasteiger partial charge >= 0.3 is 0 Å². The lowest BCUT2D eigenvalue weighted by atomic mass is 10.1. The Morgan fingerprint density at radius 1 is 1.12 bits per heavy atom. The summed E-state index contributed by atoms with van der Waals surface area (Å²) >= 11 is 0. The first kappa shape index (κ1) is 16.9. The van der Waals surface area contributed by atoms with Crippen LogP contribution in [0.5, 0.6) is 11.5 Å². The Morgan fingerprint density at radius 3 is 2.60 bits per heavy atom. The molecule has 7 heteroatoms. The van der Waals surface area contributed by atoms with Crippen LogP contribution in [0.25, 0.3) is 11.4 Å². The Kier molecular flexibility index (Phi) is 5.25. The molecule has 0 saturated carbocycles. The summed E-state index contributed by atoms with van der Waals surface area (Å²) in [7, 11) is 0. The summed E-state index contributed by atoms with van der Waals surface area (Å²) in [5.41, 5.74) is 1.08. The summed E-state index contributed by atoms with van der Waals surface area (Å²) in [5, 5.41) is 12.7. The molecule has 0 spiro atoms. The first-order valence-corrected chi connectivity index (χ1v) is 7.72. The minimum Gasteiger partial charge on any atom is -0.487 e. The molecular formula is C18H17FN2O4. The van der Waals surface area contributed by atoms with Gasteiger partial charge in [0.25, 0.3) is 5.89 Å². The van der Waals surface area contributed by atoms with Crippen LogP contribution in [0.15, 0.2) is 47.0 Å². The Labute approximate surface area is 143 Å². The first-order valence-electron chi connectivity index (χ1n) is 7.72. The number of hydrogen-bond donors (Lipinski definition) is 1. The summed E-state index contributed by atoms with van der Waals surface area (Å²) in [5.74, 6) is 1.24.